The van der Waals surface area contributed by atoms with Crippen LogP contribution < -0.4 is 0 Å². The molecule has 1 aliphatic heterocycles. The zero-order valence-corrected chi connectivity index (χ0v) is 11.2. The number of ketones is 1. The maximum Gasteiger partial charge on any atom is 0.334 e. The van der Waals surface area contributed by atoms with Crippen molar-refractivity contribution >= 4 is 11.8 Å². The van der Waals surface area contributed by atoms with Gasteiger partial charge in [0.25, 0.3) is 0 Å². The molecule has 0 aromatic rings. The van der Waals surface area contributed by atoms with Crippen LogP contribution in [0.1, 0.15) is 26.7 Å². The van der Waals surface area contributed by atoms with Gasteiger partial charge in [-0.1, -0.05) is 13.5 Å². The minimum absolute atomic E-state index is 0.0934. The zero-order chi connectivity index (χ0) is 13.9. The molecular weight excluding hydrogens is 244 g/mol. The highest BCUT2D eigenvalue weighted by atomic mass is 16.6. The first-order valence-corrected chi connectivity index (χ1v) is 6.73. The van der Waals surface area contributed by atoms with Gasteiger partial charge in [0.1, 0.15) is 6.10 Å². The van der Waals surface area contributed by atoms with Gasteiger partial charge in [0.15, 0.2) is 5.78 Å². The van der Waals surface area contributed by atoms with Gasteiger partial charge < -0.3 is 9.84 Å². The summed E-state index contributed by atoms with van der Waals surface area (Å²) in [6, 6.07) is 0. The Morgan fingerprint density at radius 2 is 2.05 bits per heavy atom. The molecule has 0 radical (unpaired) electrons. The van der Waals surface area contributed by atoms with Gasteiger partial charge in [-0.05, 0) is 36.3 Å². The van der Waals surface area contributed by atoms with E-state index in [2.05, 4.69) is 6.58 Å². The SMILES string of the molecule is C=C1C(=O)O[C@H]2C3=C(C)C(=O)C[C@H]3[C@@H](C)C[C@H](O)[C@@H]12. The topological polar surface area (TPSA) is 63.6 Å². The Bertz CT molecular complexity index is 516. The second kappa shape index (κ2) is 4.04. The van der Waals surface area contributed by atoms with Gasteiger partial charge >= 0.3 is 5.97 Å². The van der Waals surface area contributed by atoms with E-state index in [4.69, 9.17) is 4.74 Å². The number of ether oxygens (including phenoxy) is 1. The van der Waals surface area contributed by atoms with Gasteiger partial charge in [-0.25, -0.2) is 4.79 Å². The number of rotatable bonds is 0. The summed E-state index contributed by atoms with van der Waals surface area (Å²) < 4.78 is 5.40. The fourth-order valence-electron chi connectivity index (χ4n) is 3.80. The van der Waals surface area contributed by atoms with E-state index in [0.717, 1.165) is 5.57 Å². The maximum atomic E-state index is 11.9. The van der Waals surface area contributed by atoms with Crippen molar-refractivity contribution in [3.8, 4) is 0 Å². The van der Waals surface area contributed by atoms with Crippen LogP contribution in [0.5, 0.6) is 0 Å². The minimum Gasteiger partial charge on any atom is -0.454 e. The fraction of sp³-hybridized carbons (Fsp3) is 0.600. The molecule has 1 N–H and O–H groups in total. The second-order valence-corrected chi connectivity index (χ2v) is 5.97. The van der Waals surface area contributed by atoms with Gasteiger partial charge in [0, 0.05) is 12.0 Å². The van der Waals surface area contributed by atoms with Crippen molar-refractivity contribution in [2.24, 2.45) is 17.8 Å². The Morgan fingerprint density at radius 3 is 2.74 bits per heavy atom. The molecule has 2 aliphatic carbocycles. The Kier molecular flexibility index (Phi) is 2.68. The third-order valence-corrected chi connectivity index (χ3v) is 4.90. The molecule has 0 aromatic carbocycles. The number of esters is 1. The Labute approximate surface area is 112 Å². The van der Waals surface area contributed by atoms with Crippen LogP contribution in [-0.2, 0) is 14.3 Å². The molecule has 0 bridgehead atoms. The molecule has 5 atom stereocenters. The Hall–Kier alpha value is -1.42. The number of carbonyl (C=O) groups excluding carboxylic acids is 2. The third kappa shape index (κ3) is 1.62. The normalized spacial score (nSPS) is 42.1. The van der Waals surface area contributed by atoms with Crippen molar-refractivity contribution in [3.63, 3.8) is 0 Å². The predicted molar refractivity (Wildman–Crippen MR) is 68.1 cm³/mol. The van der Waals surface area contributed by atoms with Gasteiger partial charge in [-0.3, -0.25) is 4.79 Å². The summed E-state index contributed by atoms with van der Waals surface area (Å²) in [6.45, 7) is 7.60. The van der Waals surface area contributed by atoms with Crippen molar-refractivity contribution in [2.75, 3.05) is 0 Å². The van der Waals surface area contributed by atoms with Crippen LogP contribution in [0.2, 0.25) is 0 Å². The lowest BCUT2D eigenvalue weighted by molar-refractivity contribution is -0.138. The molecule has 3 aliphatic rings. The molecule has 4 heteroatoms. The number of Topliss-reactive ketones (excluding diaryl/α,β-unsaturated/α-hetero) is 1. The average molecular weight is 262 g/mol. The van der Waals surface area contributed by atoms with Crippen molar-refractivity contribution in [2.45, 2.75) is 38.9 Å². The summed E-state index contributed by atoms with van der Waals surface area (Å²) in [5.41, 5.74) is 1.97. The third-order valence-electron chi connectivity index (χ3n) is 4.90. The number of carbonyl (C=O) groups is 2. The largest absolute Gasteiger partial charge is 0.454 e. The summed E-state index contributed by atoms with van der Waals surface area (Å²) >= 11 is 0. The summed E-state index contributed by atoms with van der Waals surface area (Å²) in [6.07, 6.45) is -0.0650. The van der Waals surface area contributed by atoms with E-state index >= 15 is 0 Å². The summed E-state index contributed by atoms with van der Waals surface area (Å²) in [5.74, 6) is -0.396. The Morgan fingerprint density at radius 1 is 1.37 bits per heavy atom. The average Bonchev–Trinajstić information content (AvgIpc) is 2.75. The Balaban J connectivity index is 2.12. The number of hydrogen-bond donors (Lipinski definition) is 1. The first-order chi connectivity index (χ1) is 8.91. The van der Waals surface area contributed by atoms with E-state index in [1.54, 1.807) is 6.92 Å². The van der Waals surface area contributed by atoms with E-state index in [9.17, 15) is 14.7 Å². The molecule has 102 valence electrons. The van der Waals surface area contributed by atoms with Crippen LogP contribution in [-0.4, -0.2) is 29.1 Å². The standard InChI is InChI=1S/C15H18O4/c1-6-4-11(17)13-8(3)15(18)19-14(13)12-7(2)10(16)5-9(6)12/h6,9,11,13-14,17H,3-5H2,1-2H3/t6-,9-,11-,13+,14-/m0/s1. The fourth-order valence-corrected chi connectivity index (χ4v) is 3.80. The van der Waals surface area contributed by atoms with Crippen molar-refractivity contribution < 1.29 is 19.4 Å². The highest BCUT2D eigenvalue weighted by Crippen LogP contribution is 2.49. The van der Waals surface area contributed by atoms with Crippen LogP contribution in [0.4, 0.5) is 0 Å². The quantitative estimate of drug-likeness (QED) is 0.529. The minimum atomic E-state index is -0.625. The van der Waals surface area contributed by atoms with Gasteiger partial charge in [-0.2, -0.15) is 0 Å². The molecule has 3 rings (SSSR count). The second-order valence-electron chi connectivity index (χ2n) is 5.97. The van der Waals surface area contributed by atoms with Gasteiger partial charge in [0.05, 0.1) is 12.0 Å². The highest BCUT2D eigenvalue weighted by molar-refractivity contribution is 6.00. The molecule has 2 fully saturated rings. The molecule has 0 unspecified atom stereocenters. The lowest BCUT2D eigenvalue weighted by Gasteiger charge is -2.22. The summed E-state index contributed by atoms with van der Waals surface area (Å²) in [5, 5.41) is 10.3. The van der Waals surface area contributed by atoms with E-state index in [0.29, 0.717) is 24.0 Å². The smallest absolute Gasteiger partial charge is 0.334 e. The molecule has 0 aromatic heterocycles. The van der Waals surface area contributed by atoms with Crippen LogP contribution in [0.15, 0.2) is 23.3 Å². The molecule has 1 saturated heterocycles. The number of aliphatic hydroxyl groups excluding tert-OH is 1. The van der Waals surface area contributed by atoms with Crippen LogP contribution in [0.3, 0.4) is 0 Å². The molecular formula is C15H18O4. The predicted octanol–water partition coefficient (Wildman–Crippen LogP) is 1.39. The molecule has 19 heavy (non-hydrogen) atoms. The van der Waals surface area contributed by atoms with E-state index < -0.39 is 24.1 Å². The first kappa shape index (κ1) is 12.6. The molecule has 1 saturated carbocycles. The monoisotopic (exact) mass is 262 g/mol. The molecule has 1 heterocycles. The van der Waals surface area contributed by atoms with Crippen molar-refractivity contribution in [3.05, 3.63) is 23.3 Å². The highest BCUT2D eigenvalue weighted by Gasteiger charge is 2.52. The van der Waals surface area contributed by atoms with Crippen LogP contribution in [0.25, 0.3) is 0 Å². The number of aliphatic hydroxyl groups is 1. The van der Waals surface area contributed by atoms with Crippen LogP contribution in [0, 0.1) is 17.8 Å². The van der Waals surface area contributed by atoms with Crippen molar-refractivity contribution in [1.82, 2.24) is 0 Å². The molecule has 0 amide bonds. The van der Waals surface area contributed by atoms with E-state index in [-0.39, 0.29) is 17.6 Å². The number of fused-ring (bicyclic) bond motifs is 3. The first-order valence-electron chi connectivity index (χ1n) is 6.73. The van der Waals surface area contributed by atoms with E-state index in [1.807, 2.05) is 6.92 Å². The molecule has 4 nitrogen and oxygen atoms in total. The lowest BCUT2D eigenvalue weighted by atomic mass is 9.85. The lowest BCUT2D eigenvalue weighted by Crippen LogP contribution is -2.29. The number of hydrogen-bond acceptors (Lipinski definition) is 4. The summed E-state index contributed by atoms with van der Waals surface area (Å²) in [4.78, 5) is 23.7. The molecule has 0 spiro atoms. The maximum absolute atomic E-state index is 11.9. The zero-order valence-electron chi connectivity index (χ0n) is 11.2. The summed E-state index contributed by atoms with van der Waals surface area (Å²) in [7, 11) is 0. The van der Waals surface area contributed by atoms with Gasteiger partial charge in [0.2, 0.25) is 0 Å². The van der Waals surface area contributed by atoms with Crippen molar-refractivity contribution in [1.29, 1.82) is 0 Å². The van der Waals surface area contributed by atoms with Crippen LogP contribution >= 0.6 is 0 Å². The number of allylic oxidation sites excluding steroid dienone is 1. The van der Waals surface area contributed by atoms with Gasteiger partial charge in [-0.15, -0.1) is 0 Å². The van der Waals surface area contributed by atoms with E-state index in [1.165, 1.54) is 0 Å².